The van der Waals surface area contributed by atoms with Crippen molar-refractivity contribution < 1.29 is 14.0 Å². The molecule has 12 heavy (non-hydrogen) atoms. The van der Waals surface area contributed by atoms with Crippen LogP contribution in [-0.2, 0) is 9.53 Å². The predicted molar refractivity (Wildman–Crippen MR) is 48.3 cm³/mol. The van der Waals surface area contributed by atoms with Gasteiger partial charge in [-0.2, -0.15) is 0 Å². The first-order valence-corrected chi connectivity index (χ1v) is 3.68. The van der Waals surface area contributed by atoms with Gasteiger partial charge in [0.1, 0.15) is 0 Å². The number of ether oxygens (including phenoxy) is 1. The number of quaternary nitrogens is 1. The summed E-state index contributed by atoms with van der Waals surface area (Å²) < 4.78 is 5.51. The van der Waals surface area contributed by atoms with Crippen LogP contribution in [-0.4, -0.2) is 37.8 Å². The first-order chi connectivity index (χ1) is 5.41. The minimum Gasteiger partial charge on any atom is -0.405 e. The molecule has 0 aliphatic rings. The molecule has 0 radical (unpaired) electrons. The van der Waals surface area contributed by atoms with Gasteiger partial charge in [0.25, 0.3) is 6.23 Å². The Morgan fingerprint density at radius 2 is 1.92 bits per heavy atom. The van der Waals surface area contributed by atoms with Gasteiger partial charge in [0.05, 0.1) is 21.1 Å². The van der Waals surface area contributed by atoms with Gasteiger partial charge in [0.15, 0.2) is 0 Å². The highest BCUT2D eigenvalue weighted by molar-refractivity contribution is 5.81. The molecule has 0 aromatic rings. The number of rotatable bonds is 4. The fraction of sp³-hybridized carbons (Fsp3) is 0.444. The van der Waals surface area contributed by atoms with Crippen molar-refractivity contribution in [2.75, 3.05) is 21.1 Å². The van der Waals surface area contributed by atoms with Crippen molar-refractivity contribution in [2.45, 2.75) is 6.23 Å². The van der Waals surface area contributed by atoms with Gasteiger partial charge in [-0.1, -0.05) is 13.2 Å². The Hall–Kier alpha value is -1.09. The van der Waals surface area contributed by atoms with Crippen LogP contribution < -0.4 is 0 Å². The molecule has 0 fully saturated rings. The van der Waals surface area contributed by atoms with Gasteiger partial charge >= 0.3 is 5.97 Å². The smallest absolute Gasteiger partial charge is 0.334 e. The zero-order valence-electron chi connectivity index (χ0n) is 7.91. The summed E-state index contributed by atoms with van der Waals surface area (Å²) in [5, 5.41) is 0. The molecule has 1 unspecified atom stereocenters. The van der Waals surface area contributed by atoms with E-state index in [0.717, 1.165) is 6.08 Å². The lowest BCUT2D eigenvalue weighted by Crippen LogP contribution is -2.46. The monoisotopic (exact) mass is 170 g/mol. The van der Waals surface area contributed by atoms with E-state index in [2.05, 4.69) is 13.2 Å². The van der Waals surface area contributed by atoms with Crippen molar-refractivity contribution in [3.05, 3.63) is 25.3 Å². The Balaban J connectivity index is 4.28. The average Bonchev–Trinajstić information content (AvgIpc) is 1.97. The van der Waals surface area contributed by atoms with E-state index in [9.17, 15) is 4.79 Å². The molecule has 0 saturated carbocycles. The first kappa shape index (κ1) is 10.9. The lowest BCUT2D eigenvalue weighted by atomic mass is 10.4. The number of hydrogen-bond acceptors (Lipinski definition) is 2. The molecule has 68 valence electrons. The van der Waals surface area contributed by atoms with Crippen molar-refractivity contribution in [1.29, 1.82) is 0 Å². The molecule has 0 amide bonds. The lowest BCUT2D eigenvalue weighted by Gasteiger charge is -2.30. The highest BCUT2D eigenvalue weighted by Crippen LogP contribution is 2.05. The summed E-state index contributed by atoms with van der Waals surface area (Å²) in [6, 6.07) is 0. The molecule has 0 saturated heterocycles. The number of nitrogens with zero attached hydrogens (tertiary/aromatic N) is 1. The number of hydrogen-bond donors (Lipinski definition) is 0. The van der Waals surface area contributed by atoms with E-state index < -0.39 is 5.97 Å². The third kappa shape index (κ3) is 3.34. The van der Waals surface area contributed by atoms with Gasteiger partial charge in [0.2, 0.25) is 0 Å². The largest absolute Gasteiger partial charge is 0.405 e. The zero-order valence-corrected chi connectivity index (χ0v) is 7.91. The molecule has 0 heterocycles. The van der Waals surface area contributed by atoms with Crippen LogP contribution in [0.15, 0.2) is 25.3 Å². The van der Waals surface area contributed by atoms with Crippen molar-refractivity contribution in [1.82, 2.24) is 0 Å². The summed E-state index contributed by atoms with van der Waals surface area (Å²) in [6.45, 7) is 6.90. The molecule has 3 heteroatoms. The molecule has 0 aliphatic carbocycles. The molecule has 0 aliphatic heterocycles. The van der Waals surface area contributed by atoms with Gasteiger partial charge in [-0.25, -0.2) is 4.79 Å². The van der Waals surface area contributed by atoms with Crippen molar-refractivity contribution >= 4 is 5.97 Å². The minimum absolute atomic E-state index is 0.324. The number of carbonyl (C=O) groups is 1. The Bertz CT molecular complexity index is 191. The SMILES string of the molecule is C=CC(=O)OC(C=C)[N+](C)(C)C. The Morgan fingerprint density at radius 3 is 2.17 bits per heavy atom. The topological polar surface area (TPSA) is 26.3 Å². The summed E-state index contributed by atoms with van der Waals surface area (Å²) in [5.41, 5.74) is 0. The normalized spacial score (nSPS) is 13.2. The van der Waals surface area contributed by atoms with Gasteiger partial charge in [0, 0.05) is 12.2 Å². The molecular weight excluding hydrogens is 154 g/mol. The molecule has 0 aromatic carbocycles. The summed E-state index contributed by atoms with van der Waals surface area (Å²) >= 11 is 0. The van der Waals surface area contributed by atoms with Gasteiger partial charge in [-0.3, -0.25) is 4.48 Å². The molecule has 0 N–H and O–H groups in total. The number of esters is 1. The fourth-order valence-electron chi connectivity index (χ4n) is 0.690. The van der Waals surface area contributed by atoms with Crippen LogP contribution in [0.2, 0.25) is 0 Å². The minimum atomic E-state index is -0.423. The zero-order chi connectivity index (χ0) is 9.78. The average molecular weight is 170 g/mol. The molecule has 0 rings (SSSR count). The van der Waals surface area contributed by atoms with Crippen LogP contribution in [0, 0.1) is 0 Å². The van der Waals surface area contributed by atoms with Crippen molar-refractivity contribution in [2.24, 2.45) is 0 Å². The van der Waals surface area contributed by atoms with E-state index in [1.54, 1.807) is 6.08 Å². The summed E-state index contributed by atoms with van der Waals surface area (Å²) in [6.07, 6.45) is 2.42. The van der Waals surface area contributed by atoms with Gasteiger partial charge < -0.3 is 4.74 Å². The van der Waals surface area contributed by atoms with Crippen LogP contribution in [0.25, 0.3) is 0 Å². The van der Waals surface area contributed by atoms with E-state index in [1.165, 1.54) is 0 Å². The summed E-state index contributed by atoms with van der Waals surface area (Å²) in [4.78, 5) is 10.8. The fourth-order valence-corrected chi connectivity index (χ4v) is 0.690. The van der Waals surface area contributed by atoms with E-state index >= 15 is 0 Å². The van der Waals surface area contributed by atoms with Crippen molar-refractivity contribution in [3.63, 3.8) is 0 Å². The van der Waals surface area contributed by atoms with Crippen LogP contribution in [0.5, 0.6) is 0 Å². The Kier molecular flexibility index (Phi) is 3.70. The molecule has 1 atom stereocenters. The second kappa shape index (κ2) is 4.07. The highest BCUT2D eigenvalue weighted by atomic mass is 16.6. The molecule has 0 bridgehead atoms. The lowest BCUT2D eigenvalue weighted by molar-refractivity contribution is -0.908. The molecule has 3 nitrogen and oxygen atoms in total. The second-order valence-electron chi connectivity index (χ2n) is 3.38. The van der Waals surface area contributed by atoms with E-state index in [-0.39, 0.29) is 6.23 Å². The molecule has 0 spiro atoms. The van der Waals surface area contributed by atoms with E-state index in [4.69, 9.17) is 4.74 Å². The van der Waals surface area contributed by atoms with E-state index in [0.29, 0.717) is 4.48 Å². The number of likely N-dealkylation sites (N-methyl/N-ethyl adjacent to an activating group) is 1. The van der Waals surface area contributed by atoms with Gasteiger partial charge in [-0.15, -0.1) is 0 Å². The Morgan fingerprint density at radius 1 is 1.42 bits per heavy atom. The highest BCUT2D eigenvalue weighted by Gasteiger charge is 2.22. The van der Waals surface area contributed by atoms with Crippen LogP contribution in [0.3, 0.4) is 0 Å². The summed E-state index contributed by atoms with van der Waals surface area (Å²) in [7, 11) is 5.76. The maximum absolute atomic E-state index is 10.8. The maximum Gasteiger partial charge on any atom is 0.334 e. The Labute approximate surface area is 73.5 Å². The van der Waals surface area contributed by atoms with Crippen LogP contribution in [0.4, 0.5) is 0 Å². The predicted octanol–water partition coefficient (Wildman–Crippen LogP) is 0.934. The second-order valence-corrected chi connectivity index (χ2v) is 3.38. The molecule has 0 aromatic heterocycles. The standard InChI is InChI=1S/C9H16NO2/c1-6-8(10(3,4)5)12-9(11)7-2/h6-8H,1-2H2,3-5H3/q+1. The van der Waals surface area contributed by atoms with E-state index in [1.807, 2.05) is 21.1 Å². The number of carbonyl (C=O) groups excluding carboxylic acids is 1. The molecular formula is C9H16NO2+. The third-order valence-corrected chi connectivity index (χ3v) is 1.37. The maximum atomic E-state index is 10.8. The summed E-state index contributed by atoms with van der Waals surface area (Å²) in [5.74, 6) is -0.423. The first-order valence-electron chi connectivity index (χ1n) is 3.68. The van der Waals surface area contributed by atoms with Crippen LogP contribution in [0.1, 0.15) is 0 Å². The van der Waals surface area contributed by atoms with Crippen LogP contribution >= 0.6 is 0 Å². The van der Waals surface area contributed by atoms with Gasteiger partial charge in [-0.05, 0) is 0 Å². The van der Waals surface area contributed by atoms with Crippen molar-refractivity contribution in [3.8, 4) is 0 Å². The third-order valence-electron chi connectivity index (χ3n) is 1.37. The quantitative estimate of drug-likeness (QED) is 0.206.